The number of benzene rings is 1. The lowest BCUT2D eigenvalue weighted by Crippen LogP contribution is -2.30. The Morgan fingerprint density at radius 2 is 1.65 bits per heavy atom. The molecule has 1 aromatic carbocycles. The standard InChI is InChI=1S/C16H13F6NO3/c1-23(8-12-3-2-4-25-12)14(24)9-26-13-6-10(15(17,18)19)5-11(7-13)16(20,21)22/h2-7H,8-9H2,1H3. The summed E-state index contributed by atoms with van der Waals surface area (Å²) in [6.45, 7) is -0.651. The third kappa shape index (κ3) is 5.17. The highest BCUT2D eigenvalue weighted by atomic mass is 19.4. The summed E-state index contributed by atoms with van der Waals surface area (Å²) in [5, 5.41) is 0. The normalized spacial score (nSPS) is 12.1. The minimum Gasteiger partial charge on any atom is -0.484 e. The average molecular weight is 381 g/mol. The van der Waals surface area contributed by atoms with Crippen molar-refractivity contribution in [2.45, 2.75) is 18.9 Å². The number of amides is 1. The van der Waals surface area contributed by atoms with Crippen molar-refractivity contribution in [3.8, 4) is 5.75 Å². The van der Waals surface area contributed by atoms with Crippen LogP contribution < -0.4 is 4.74 Å². The van der Waals surface area contributed by atoms with Crippen LogP contribution in [0, 0.1) is 0 Å². The molecule has 0 bridgehead atoms. The van der Waals surface area contributed by atoms with Gasteiger partial charge in [0.1, 0.15) is 11.5 Å². The van der Waals surface area contributed by atoms with Crippen LogP contribution in [0.1, 0.15) is 16.9 Å². The lowest BCUT2D eigenvalue weighted by atomic mass is 10.1. The predicted molar refractivity (Wildman–Crippen MR) is 77.1 cm³/mol. The minimum atomic E-state index is -4.99. The molecule has 4 nitrogen and oxygen atoms in total. The van der Waals surface area contributed by atoms with Gasteiger partial charge in [0.05, 0.1) is 23.9 Å². The number of likely N-dealkylation sites (N-methyl/N-ethyl adjacent to an activating group) is 1. The molecule has 1 aromatic heterocycles. The molecule has 1 amide bonds. The van der Waals surface area contributed by atoms with E-state index >= 15 is 0 Å². The summed E-state index contributed by atoms with van der Waals surface area (Å²) in [6, 6.07) is 4.01. The van der Waals surface area contributed by atoms with Gasteiger partial charge in [-0.2, -0.15) is 26.3 Å². The zero-order valence-corrected chi connectivity index (χ0v) is 13.3. The lowest BCUT2D eigenvalue weighted by molar-refractivity contribution is -0.143. The number of alkyl halides is 6. The Labute approximate surface area is 144 Å². The van der Waals surface area contributed by atoms with Crippen molar-refractivity contribution in [1.29, 1.82) is 0 Å². The van der Waals surface area contributed by atoms with Crippen molar-refractivity contribution in [2.75, 3.05) is 13.7 Å². The summed E-state index contributed by atoms with van der Waals surface area (Å²) in [6.07, 6.45) is -8.58. The van der Waals surface area contributed by atoms with Crippen LogP contribution in [0.5, 0.6) is 5.75 Å². The molecule has 0 aliphatic heterocycles. The van der Waals surface area contributed by atoms with Gasteiger partial charge < -0.3 is 14.1 Å². The van der Waals surface area contributed by atoms with Gasteiger partial charge in [-0.25, -0.2) is 0 Å². The van der Waals surface area contributed by atoms with E-state index in [9.17, 15) is 31.1 Å². The molecule has 0 spiro atoms. The van der Waals surface area contributed by atoms with Gasteiger partial charge in [0.25, 0.3) is 5.91 Å². The molecule has 0 unspecified atom stereocenters. The quantitative estimate of drug-likeness (QED) is 0.723. The van der Waals surface area contributed by atoms with Crippen molar-refractivity contribution >= 4 is 5.91 Å². The van der Waals surface area contributed by atoms with Gasteiger partial charge in [-0.05, 0) is 30.3 Å². The maximum Gasteiger partial charge on any atom is 0.416 e. The third-order valence-corrected chi connectivity index (χ3v) is 3.32. The van der Waals surface area contributed by atoms with E-state index in [1.807, 2.05) is 0 Å². The summed E-state index contributed by atoms with van der Waals surface area (Å²) in [5.74, 6) is -0.890. The van der Waals surface area contributed by atoms with Crippen LogP contribution in [0.25, 0.3) is 0 Å². The van der Waals surface area contributed by atoms with Crippen LogP contribution in [-0.4, -0.2) is 24.5 Å². The molecule has 0 N–H and O–H groups in total. The molecule has 0 atom stereocenters. The summed E-state index contributed by atoms with van der Waals surface area (Å²) in [4.78, 5) is 13.1. The smallest absolute Gasteiger partial charge is 0.416 e. The maximum absolute atomic E-state index is 12.8. The fraction of sp³-hybridized carbons (Fsp3) is 0.312. The number of ether oxygens (including phenoxy) is 1. The summed E-state index contributed by atoms with van der Waals surface area (Å²) < 4.78 is 86.5. The van der Waals surface area contributed by atoms with E-state index in [0.717, 1.165) is 4.90 Å². The van der Waals surface area contributed by atoms with Crippen molar-refractivity contribution in [3.63, 3.8) is 0 Å². The largest absolute Gasteiger partial charge is 0.484 e. The molecular weight excluding hydrogens is 368 g/mol. The number of nitrogens with zero attached hydrogens (tertiary/aromatic N) is 1. The van der Waals surface area contributed by atoms with E-state index in [1.165, 1.54) is 13.3 Å². The predicted octanol–water partition coefficient (Wildman–Crippen LogP) is 4.35. The second kappa shape index (κ2) is 7.30. The minimum absolute atomic E-state index is 0.0162. The lowest BCUT2D eigenvalue weighted by Gasteiger charge is -2.17. The van der Waals surface area contributed by atoms with E-state index in [-0.39, 0.29) is 12.6 Å². The number of rotatable bonds is 5. The molecule has 0 saturated carbocycles. The zero-order valence-electron chi connectivity index (χ0n) is 13.3. The molecule has 0 aliphatic carbocycles. The van der Waals surface area contributed by atoms with Crippen LogP contribution in [0.3, 0.4) is 0 Å². The van der Waals surface area contributed by atoms with Crippen LogP contribution in [0.2, 0.25) is 0 Å². The molecule has 0 saturated heterocycles. The number of hydrogen-bond donors (Lipinski definition) is 0. The fourth-order valence-electron chi connectivity index (χ4n) is 1.99. The highest BCUT2D eigenvalue weighted by Gasteiger charge is 2.37. The first-order valence-electron chi connectivity index (χ1n) is 7.15. The Hall–Kier alpha value is -2.65. The summed E-state index contributed by atoms with van der Waals surface area (Å²) in [7, 11) is 1.39. The average Bonchev–Trinajstić information content (AvgIpc) is 3.03. The van der Waals surface area contributed by atoms with Crippen molar-refractivity contribution in [3.05, 3.63) is 53.5 Å². The second-order valence-electron chi connectivity index (χ2n) is 5.36. The van der Waals surface area contributed by atoms with Gasteiger partial charge in [-0.1, -0.05) is 0 Å². The highest BCUT2D eigenvalue weighted by molar-refractivity contribution is 5.77. The van der Waals surface area contributed by atoms with Gasteiger partial charge in [-0.3, -0.25) is 4.79 Å². The zero-order chi connectivity index (χ0) is 19.5. The number of furan rings is 1. The van der Waals surface area contributed by atoms with Crippen molar-refractivity contribution in [2.24, 2.45) is 0 Å². The van der Waals surface area contributed by atoms with Crippen molar-refractivity contribution in [1.82, 2.24) is 4.90 Å². The summed E-state index contributed by atoms with van der Waals surface area (Å²) in [5.41, 5.74) is -3.03. The molecule has 26 heavy (non-hydrogen) atoms. The molecule has 0 radical (unpaired) electrons. The van der Waals surface area contributed by atoms with Gasteiger partial charge in [0, 0.05) is 7.05 Å². The number of carbonyl (C=O) groups is 1. The number of carbonyl (C=O) groups excluding carboxylic acids is 1. The highest BCUT2D eigenvalue weighted by Crippen LogP contribution is 2.38. The van der Waals surface area contributed by atoms with Crippen molar-refractivity contribution < 1.29 is 40.3 Å². The molecular formula is C16H13F6NO3. The maximum atomic E-state index is 12.8. The topological polar surface area (TPSA) is 42.7 Å². The fourth-order valence-corrected chi connectivity index (χ4v) is 1.99. The molecule has 142 valence electrons. The first-order valence-corrected chi connectivity index (χ1v) is 7.15. The van der Waals surface area contributed by atoms with E-state index in [0.29, 0.717) is 17.9 Å². The third-order valence-electron chi connectivity index (χ3n) is 3.32. The molecule has 1 heterocycles. The molecule has 0 aliphatic rings. The molecule has 2 aromatic rings. The van der Waals surface area contributed by atoms with Gasteiger partial charge in [0.2, 0.25) is 0 Å². The first kappa shape index (κ1) is 19.7. The second-order valence-corrected chi connectivity index (χ2v) is 5.36. The molecule has 10 heteroatoms. The van der Waals surface area contributed by atoms with Crippen LogP contribution in [-0.2, 0) is 23.7 Å². The van der Waals surface area contributed by atoms with Gasteiger partial charge >= 0.3 is 12.4 Å². The molecule has 2 rings (SSSR count). The van der Waals surface area contributed by atoms with E-state index in [2.05, 4.69) is 0 Å². The van der Waals surface area contributed by atoms with Gasteiger partial charge in [-0.15, -0.1) is 0 Å². The Morgan fingerprint density at radius 3 is 2.12 bits per heavy atom. The van der Waals surface area contributed by atoms with Gasteiger partial charge in [0.15, 0.2) is 6.61 Å². The van der Waals surface area contributed by atoms with E-state index in [4.69, 9.17) is 9.15 Å². The monoisotopic (exact) mass is 381 g/mol. The number of halogens is 6. The number of hydrogen-bond acceptors (Lipinski definition) is 3. The van der Waals surface area contributed by atoms with E-state index < -0.39 is 41.7 Å². The van der Waals surface area contributed by atoms with Crippen LogP contribution >= 0.6 is 0 Å². The SMILES string of the molecule is CN(Cc1ccco1)C(=O)COc1cc(C(F)(F)F)cc(C(F)(F)F)c1. The Balaban J connectivity index is 2.11. The van der Waals surface area contributed by atoms with E-state index in [1.54, 1.807) is 12.1 Å². The summed E-state index contributed by atoms with van der Waals surface area (Å²) >= 11 is 0. The Morgan fingerprint density at radius 1 is 1.08 bits per heavy atom. The Kier molecular flexibility index (Phi) is 5.53. The Bertz CT molecular complexity index is 720. The van der Waals surface area contributed by atoms with Crippen LogP contribution in [0.15, 0.2) is 41.0 Å². The molecule has 0 fully saturated rings. The van der Waals surface area contributed by atoms with Crippen LogP contribution in [0.4, 0.5) is 26.3 Å². The first-order chi connectivity index (χ1) is 12.0.